The van der Waals surface area contributed by atoms with E-state index in [1.165, 1.54) is 0 Å². The van der Waals surface area contributed by atoms with E-state index in [2.05, 4.69) is 4.74 Å². The summed E-state index contributed by atoms with van der Waals surface area (Å²) in [5.41, 5.74) is -0.158. The van der Waals surface area contributed by atoms with E-state index in [1.807, 2.05) is 0 Å². The molecule has 0 unspecified atom stereocenters. The molecule has 6 nitrogen and oxygen atoms in total. The molecule has 0 aliphatic rings. The number of phenols is 1. The number of ether oxygens (including phenoxy) is 1. The maximum atomic E-state index is 11.2. The van der Waals surface area contributed by atoms with Crippen molar-refractivity contribution in [1.29, 1.82) is 0 Å². The zero-order chi connectivity index (χ0) is 12.3. The Morgan fingerprint density at radius 2 is 2.06 bits per heavy atom. The fraction of sp³-hybridized carbons (Fsp3) is 0.222. The van der Waals surface area contributed by atoms with Crippen LogP contribution in [0.15, 0.2) is 23.1 Å². The van der Waals surface area contributed by atoms with E-state index < -0.39 is 26.7 Å². The number of hydrogen-bond donors (Lipinski definition) is 2. The molecule has 1 aromatic carbocycles. The molecule has 0 saturated heterocycles. The van der Waals surface area contributed by atoms with Gasteiger partial charge in [-0.15, -0.1) is 0 Å². The van der Waals surface area contributed by atoms with E-state index in [1.54, 1.807) is 6.92 Å². The molecule has 7 heteroatoms. The summed E-state index contributed by atoms with van der Waals surface area (Å²) in [7, 11) is -4.39. The van der Waals surface area contributed by atoms with Crippen LogP contribution >= 0.6 is 0 Å². The number of aromatic hydroxyl groups is 1. The third kappa shape index (κ3) is 2.71. The van der Waals surface area contributed by atoms with Crippen molar-refractivity contribution in [3.8, 4) is 5.75 Å². The van der Waals surface area contributed by atoms with Gasteiger partial charge in [0.1, 0.15) is 11.3 Å². The van der Waals surface area contributed by atoms with Crippen molar-refractivity contribution in [3.63, 3.8) is 0 Å². The van der Waals surface area contributed by atoms with Crippen LogP contribution in [0.4, 0.5) is 0 Å². The Labute approximate surface area is 92.2 Å². The van der Waals surface area contributed by atoms with E-state index in [4.69, 9.17) is 4.55 Å². The minimum absolute atomic E-state index is 0.137. The summed E-state index contributed by atoms with van der Waals surface area (Å²) in [6.45, 7) is 1.74. The average molecular weight is 246 g/mol. The molecule has 0 fully saturated rings. The molecule has 0 aromatic heterocycles. The lowest BCUT2D eigenvalue weighted by molar-refractivity contribution is 0.0523. The summed E-state index contributed by atoms with van der Waals surface area (Å²) in [6, 6.07) is 2.85. The molecule has 0 atom stereocenters. The van der Waals surface area contributed by atoms with Crippen LogP contribution in [-0.4, -0.2) is 30.7 Å². The number of hydrogen-bond acceptors (Lipinski definition) is 5. The predicted octanol–water partition coefficient (Wildman–Crippen LogP) is 0.816. The van der Waals surface area contributed by atoms with Gasteiger partial charge in [0.15, 0.2) is 0 Å². The maximum absolute atomic E-state index is 11.2. The predicted molar refractivity (Wildman–Crippen MR) is 53.9 cm³/mol. The summed E-state index contributed by atoms with van der Waals surface area (Å²) in [5.74, 6) is -1.32. The van der Waals surface area contributed by atoms with Crippen LogP contribution in [0.2, 0.25) is 0 Å². The molecule has 1 aromatic rings. The standard InChI is InChI=1S/C9H10O6S/c1-2-15-9(11)7-4-3-6(5-8(7)10)16(12,13)14/h3-5,10H,2H2,1H3,(H,12,13,14). The SMILES string of the molecule is CCOC(=O)c1ccc(S(=O)(=O)O)cc1O. The Morgan fingerprint density at radius 3 is 2.50 bits per heavy atom. The molecule has 0 bridgehead atoms. The molecule has 0 aliphatic carbocycles. The molecule has 0 radical (unpaired) electrons. The monoisotopic (exact) mass is 246 g/mol. The summed E-state index contributed by atoms with van der Waals surface area (Å²) in [5, 5.41) is 9.38. The van der Waals surface area contributed by atoms with E-state index in [9.17, 15) is 18.3 Å². The Morgan fingerprint density at radius 1 is 1.44 bits per heavy atom. The third-order valence-corrected chi connectivity index (χ3v) is 2.61. The summed E-state index contributed by atoms with van der Waals surface area (Å²) >= 11 is 0. The van der Waals surface area contributed by atoms with Crippen LogP contribution in [-0.2, 0) is 14.9 Å². The first-order valence-corrected chi connectivity index (χ1v) is 5.78. The minimum atomic E-state index is -4.39. The Bertz CT molecular complexity index is 505. The second-order valence-corrected chi connectivity index (χ2v) is 4.30. The van der Waals surface area contributed by atoms with Crippen molar-refractivity contribution in [2.24, 2.45) is 0 Å². The number of rotatable bonds is 3. The Hall–Kier alpha value is -1.60. The van der Waals surface area contributed by atoms with Crippen LogP contribution in [0, 0.1) is 0 Å². The Balaban J connectivity index is 3.15. The summed E-state index contributed by atoms with van der Waals surface area (Å²) < 4.78 is 34.8. The molecule has 1 rings (SSSR count). The third-order valence-electron chi connectivity index (χ3n) is 1.76. The number of carbonyl (C=O) groups excluding carboxylic acids is 1. The lowest BCUT2D eigenvalue weighted by Gasteiger charge is -2.05. The molecule has 16 heavy (non-hydrogen) atoms. The van der Waals surface area contributed by atoms with Gasteiger partial charge in [-0.2, -0.15) is 8.42 Å². The highest BCUT2D eigenvalue weighted by molar-refractivity contribution is 7.85. The first kappa shape index (κ1) is 12.5. The highest BCUT2D eigenvalue weighted by Gasteiger charge is 2.16. The van der Waals surface area contributed by atoms with Crippen LogP contribution in [0.5, 0.6) is 5.75 Å². The van der Waals surface area contributed by atoms with Crippen molar-refractivity contribution in [2.75, 3.05) is 6.61 Å². The summed E-state index contributed by atoms with van der Waals surface area (Å²) in [4.78, 5) is 10.7. The molecular weight excluding hydrogens is 236 g/mol. The van der Waals surface area contributed by atoms with Crippen LogP contribution < -0.4 is 0 Å². The first-order valence-electron chi connectivity index (χ1n) is 4.34. The second-order valence-electron chi connectivity index (χ2n) is 2.87. The van der Waals surface area contributed by atoms with E-state index in [0.29, 0.717) is 0 Å². The van der Waals surface area contributed by atoms with Crippen molar-refractivity contribution in [2.45, 2.75) is 11.8 Å². The van der Waals surface area contributed by atoms with E-state index in [-0.39, 0.29) is 12.2 Å². The van der Waals surface area contributed by atoms with Gasteiger partial charge in [-0.25, -0.2) is 4.79 Å². The van der Waals surface area contributed by atoms with E-state index in [0.717, 1.165) is 18.2 Å². The zero-order valence-corrected chi connectivity index (χ0v) is 9.19. The molecule has 2 N–H and O–H groups in total. The van der Waals surface area contributed by atoms with Crippen molar-refractivity contribution < 1.29 is 27.6 Å². The highest BCUT2D eigenvalue weighted by Crippen LogP contribution is 2.22. The molecule has 88 valence electrons. The summed E-state index contributed by atoms with van der Waals surface area (Å²) in [6.07, 6.45) is 0. The van der Waals surface area contributed by atoms with Crippen molar-refractivity contribution in [1.82, 2.24) is 0 Å². The number of benzene rings is 1. The largest absolute Gasteiger partial charge is 0.507 e. The van der Waals surface area contributed by atoms with Crippen LogP contribution in [0.1, 0.15) is 17.3 Å². The van der Waals surface area contributed by atoms with E-state index >= 15 is 0 Å². The van der Waals surface area contributed by atoms with Crippen molar-refractivity contribution in [3.05, 3.63) is 23.8 Å². The second kappa shape index (κ2) is 4.50. The molecule has 0 saturated carbocycles. The normalized spacial score (nSPS) is 11.1. The van der Waals surface area contributed by atoms with Crippen molar-refractivity contribution >= 4 is 16.1 Å². The van der Waals surface area contributed by atoms with Gasteiger partial charge in [0, 0.05) is 6.07 Å². The molecule has 0 amide bonds. The average Bonchev–Trinajstić information content (AvgIpc) is 2.16. The lowest BCUT2D eigenvalue weighted by atomic mass is 10.2. The maximum Gasteiger partial charge on any atom is 0.341 e. The molecular formula is C9H10O6S. The molecule has 0 heterocycles. The quantitative estimate of drug-likeness (QED) is 0.604. The number of phenolic OH excluding ortho intramolecular Hbond substituents is 1. The smallest absolute Gasteiger partial charge is 0.341 e. The van der Waals surface area contributed by atoms with Gasteiger partial charge in [-0.3, -0.25) is 4.55 Å². The Kier molecular flexibility index (Phi) is 3.51. The van der Waals surface area contributed by atoms with Gasteiger partial charge >= 0.3 is 5.97 Å². The number of esters is 1. The molecule has 0 aliphatic heterocycles. The van der Waals surface area contributed by atoms with Gasteiger partial charge in [0.05, 0.1) is 11.5 Å². The topological polar surface area (TPSA) is 101 Å². The lowest BCUT2D eigenvalue weighted by Crippen LogP contribution is -2.06. The van der Waals surface area contributed by atoms with Gasteiger partial charge < -0.3 is 9.84 Å². The fourth-order valence-electron chi connectivity index (χ4n) is 1.05. The van der Waals surface area contributed by atoms with Gasteiger partial charge in [-0.1, -0.05) is 0 Å². The van der Waals surface area contributed by atoms with Gasteiger partial charge in [0.2, 0.25) is 0 Å². The van der Waals surface area contributed by atoms with Gasteiger partial charge in [0.25, 0.3) is 10.1 Å². The van der Waals surface area contributed by atoms with Gasteiger partial charge in [-0.05, 0) is 19.1 Å². The van der Waals surface area contributed by atoms with Crippen LogP contribution in [0.3, 0.4) is 0 Å². The minimum Gasteiger partial charge on any atom is -0.507 e. The number of carbonyl (C=O) groups is 1. The fourth-order valence-corrected chi connectivity index (χ4v) is 1.55. The zero-order valence-electron chi connectivity index (χ0n) is 8.37. The first-order chi connectivity index (χ1) is 7.36. The van der Waals surface area contributed by atoms with Crippen LogP contribution in [0.25, 0.3) is 0 Å². The molecule has 0 spiro atoms. The highest BCUT2D eigenvalue weighted by atomic mass is 32.2.